The number of allylic oxidation sites excluding steroid dienone is 1. The summed E-state index contributed by atoms with van der Waals surface area (Å²) < 4.78 is 5.32. The van der Waals surface area contributed by atoms with Crippen molar-refractivity contribution >= 4 is 0 Å². The van der Waals surface area contributed by atoms with E-state index in [1.807, 2.05) is 13.0 Å². The van der Waals surface area contributed by atoms with E-state index >= 15 is 0 Å². The summed E-state index contributed by atoms with van der Waals surface area (Å²) in [5, 5.41) is 0. The Kier molecular flexibility index (Phi) is 3.23. The summed E-state index contributed by atoms with van der Waals surface area (Å²) in [5.41, 5.74) is 5.39. The lowest BCUT2D eigenvalue weighted by Gasteiger charge is -2.21. The van der Waals surface area contributed by atoms with E-state index in [0.29, 0.717) is 0 Å². The zero-order valence-corrected chi connectivity index (χ0v) is 9.12. The van der Waals surface area contributed by atoms with E-state index in [-0.39, 0.29) is 6.04 Å². The maximum absolute atomic E-state index is 5.61. The van der Waals surface area contributed by atoms with Gasteiger partial charge in [-0.2, -0.15) is 0 Å². The van der Waals surface area contributed by atoms with Gasteiger partial charge in [0.1, 0.15) is 5.76 Å². The molecule has 0 spiro atoms. The van der Waals surface area contributed by atoms with Gasteiger partial charge in [0.05, 0.1) is 12.3 Å². The normalized spacial score (nSPS) is 18.7. The van der Waals surface area contributed by atoms with Gasteiger partial charge in [0.2, 0.25) is 0 Å². The third-order valence-corrected chi connectivity index (χ3v) is 2.95. The lowest BCUT2D eigenvalue weighted by molar-refractivity contribution is 0.519. The Balaban J connectivity index is 2.19. The van der Waals surface area contributed by atoms with Gasteiger partial charge in [0, 0.05) is 5.56 Å². The molecule has 3 N–H and O–H groups in total. The van der Waals surface area contributed by atoms with Crippen molar-refractivity contribution in [3.8, 4) is 0 Å². The Labute approximate surface area is 90.3 Å². The van der Waals surface area contributed by atoms with Gasteiger partial charge in [-0.1, -0.05) is 11.6 Å². The first kappa shape index (κ1) is 10.5. The SMILES string of the molecule is Cc1cc(C(NN)C2=CCCCC2)co1. The Bertz CT molecular complexity index is 354. The highest BCUT2D eigenvalue weighted by molar-refractivity contribution is 5.27. The van der Waals surface area contributed by atoms with Crippen LogP contribution in [0.15, 0.2) is 28.4 Å². The molecule has 2 rings (SSSR count). The van der Waals surface area contributed by atoms with Gasteiger partial charge in [0.15, 0.2) is 0 Å². The highest BCUT2D eigenvalue weighted by atomic mass is 16.3. The van der Waals surface area contributed by atoms with Gasteiger partial charge in [-0.05, 0) is 38.7 Å². The summed E-state index contributed by atoms with van der Waals surface area (Å²) in [6, 6.07) is 2.17. The monoisotopic (exact) mass is 206 g/mol. The van der Waals surface area contributed by atoms with Crippen molar-refractivity contribution in [2.24, 2.45) is 5.84 Å². The number of furan rings is 1. The molecule has 0 amide bonds. The molecule has 1 aliphatic rings. The lowest BCUT2D eigenvalue weighted by Crippen LogP contribution is -2.29. The van der Waals surface area contributed by atoms with E-state index < -0.39 is 0 Å². The molecule has 0 fully saturated rings. The van der Waals surface area contributed by atoms with Gasteiger partial charge in [-0.15, -0.1) is 0 Å². The van der Waals surface area contributed by atoms with Crippen molar-refractivity contribution in [2.75, 3.05) is 0 Å². The molecule has 1 aromatic rings. The van der Waals surface area contributed by atoms with Crippen LogP contribution in [-0.2, 0) is 0 Å². The molecule has 3 nitrogen and oxygen atoms in total. The number of hydrazine groups is 1. The van der Waals surface area contributed by atoms with Crippen LogP contribution in [0, 0.1) is 6.92 Å². The number of nitrogens with one attached hydrogen (secondary N) is 1. The molecular formula is C12H18N2O. The van der Waals surface area contributed by atoms with Crippen LogP contribution in [-0.4, -0.2) is 0 Å². The summed E-state index contributed by atoms with van der Waals surface area (Å²) in [6.07, 6.45) is 8.96. The molecule has 1 aromatic heterocycles. The standard InChI is InChI=1S/C12H18N2O/c1-9-7-11(8-15-9)12(14-13)10-5-3-2-4-6-10/h5,7-8,12,14H,2-4,6,13H2,1H3. The zero-order valence-electron chi connectivity index (χ0n) is 9.12. The molecule has 1 aliphatic carbocycles. The predicted octanol–water partition coefficient (Wildman–Crippen LogP) is 2.59. The highest BCUT2D eigenvalue weighted by Gasteiger charge is 2.18. The van der Waals surface area contributed by atoms with Crippen molar-refractivity contribution in [3.05, 3.63) is 35.3 Å². The first-order chi connectivity index (χ1) is 7.31. The second kappa shape index (κ2) is 4.64. The van der Waals surface area contributed by atoms with Crippen molar-refractivity contribution in [1.29, 1.82) is 0 Å². The second-order valence-electron chi connectivity index (χ2n) is 4.12. The van der Waals surface area contributed by atoms with Gasteiger partial charge >= 0.3 is 0 Å². The molecular weight excluding hydrogens is 188 g/mol. The van der Waals surface area contributed by atoms with E-state index in [9.17, 15) is 0 Å². The lowest BCUT2D eigenvalue weighted by atomic mass is 9.91. The summed E-state index contributed by atoms with van der Waals surface area (Å²) in [6.45, 7) is 1.95. The van der Waals surface area contributed by atoms with Crippen LogP contribution >= 0.6 is 0 Å². The number of hydrogen-bond acceptors (Lipinski definition) is 3. The van der Waals surface area contributed by atoms with E-state index in [4.69, 9.17) is 10.3 Å². The van der Waals surface area contributed by atoms with E-state index in [1.165, 1.54) is 24.8 Å². The number of rotatable bonds is 3. The minimum Gasteiger partial charge on any atom is -0.469 e. The van der Waals surface area contributed by atoms with Crippen LogP contribution in [0.1, 0.15) is 43.0 Å². The second-order valence-corrected chi connectivity index (χ2v) is 4.12. The van der Waals surface area contributed by atoms with Gasteiger partial charge in [-0.25, -0.2) is 5.43 Å². The maximum Gasteiger partial charge on any atom is 0.101 e. The van der Waals surface area contributed by atoms with Crippen LogP contribution < -0.4 is 11.3 Å². The smallest absolute Gasteiger partial charge is 0.101 e. The quantitative estimate of drug-likeness (QED) is 0.454. The largest absolute Gasteiger partial charge is 0.469 e. The topological polar surface area (TPSA) is 51.2 Å². The highest BCUT2D eigenvalue weighted by Crippen LogP contribution is 2.30. The average Bonchev–Trinajstić information content (AvgIpc) is 2.68. The van der Waals surface area contributed by atoms with Crippen LogP contribution in [0.3, 0.4) is 0 Å². The van der Waals surface area contributed by atoms with Crippen LogP contribution in [0.5, 0.6) is 0 Å². The predicted molar refractivity (Wildman–Crippen MR) is 60.1 cm³/mol. The van der Waals surface area contributed by atoms with Crippen LogP contribution in [0.4, 0.5) is 0 Å². The molecule has 3 heteroatoms. The number of nitrogens with two attached hydrogens (primary N) is 1. The van der Waals surface area contributed by atoms with Crippen molar-refractivity contribution in [1.82, 2.24) is 5.43 Å². The van der Waals surface area contributed by atoms with Crippen LogP contribution in [0.25, 0.3) is 0 Å². The van der Waals surface area contributed by atoms with Crippen molar-refractivity contribution < 1.29 is 4.42 Å². The first-order valence-corrected chi connectivity index (χ1v) is 5.51. The first-order valence-electron chi connectivity index (χ1n) is 5.51. The molecule has 1 unspecified atom stereocenters. The Morgan fingerprint density at radius 3 is 2.87 bits per heavy atom. The molecule has 0 saturated carbocycles. The van der Waals surface area contributed by atoms with Gasteiger partial charge in [-0.3, -0.25) is 5.84 Å². The third kappa shape index (κ3) is 2.30. The molecule has 15 heavy (non-hydrogen) atoms. The van der Waals surface area contributed by atoms with Gasteiger partial charge < -0.3 is 4.42 Å². The van der Waals surface area contributed by atoms with Crippen molar-refractivity contribution in [2.45, 2.75) is 38.6 Å². The minimum absolute atomic E-state index is 0.128. The molecule has 0 aliphatic heterocycles. The van der Waals surface area contributed by atoms with Crippen molar-refractivity contribution in [3.63, 3.8) is 0 Å². The summed E-state index contributed by atoms with van der Waals surface area (Å²) >= 11 is 0. The van der Waals surface area contributed by atoms with Crippen LogP contribution in [0.2, 0.25) is 0 Å². The maximum atomic E-state index is 5.61. The minimum atomic E-state index is 0.128. The molecule has 0 bridgehead atoms. The number of hydrogen-bond donors (Lipinski definition) is 2. The molecule has 82 valence electrons. The number of aryl methyl sites for hydroxylation is 1. The summed E-state index contributed by atoms with van der Waals surface area (Å²) in [4.78, 5) is 0. The van der Waals surface area contributed by atoms with E-state index in [1.54, 1.807) is 6.26 Å². The average molecular weight is 206 g/mol. The molecule has 1 heterocycles. The fourth-order valence-electron chi connectivity index (χ4n) is 2.16. The molecule has 0 saturated heterocycles. The summed E-state index contributed by atoms with van der Waals surface area (Å²) in [5.74, 6) is 6.54. The third-order valence-electron chi connectivity index (χ3n) is 2.95. The Hall–Kier alpha value is -1.06. The Morgan fingerprint density at radius 1 is 1.47 bits per heavy atom. The van der Waals surface area contributed by atoms with E-state index in [0.717, 1.165) is 17.7 Å². The molecule has 0 aromatic carbocycles. The van der Waals surface area contributed by atoms with Gasteiger partial charge in [0.25, 0.3) is 0 Å². The fraction of sp³-hybridized carbons (Fsp3) is 0.500. The Morgan fingerprint density at radius 2 is 2.33 bits per heavy atom. The fourth-order valence-corrected chi connectivity index (χ4v) is 2.16. The zero-order chi connectivity index (χ0) is 10.7. The molecule has 0 radical (unpaired) electrons. The molecule has 1 atom stereocenters. The summed E-state index contributed by atoms with van der Waals surface area (Å²) in [7, 11) is 0. The van der Waals surface area contributed by atoms with E-state index in [2.05, 4.69) is 11.5 Å².